The molecule has 5 nitrogen and oxygen atoms in total. The highest BCUT2D eigenvalue weighted by atomic mass is 19.1. The molecular weight excluding hydrogens is 345 g/mol. The van der Waals surface area contributed by atoms with Gasteiger partial charge in [-0.15, -0.1) is 0 Å². The molecule has 1 N–H and O–H groups in total. The van der Waals surface area contributed by atoms with Gasteiger partial charge in [-0.05, 0) is 61.4 Å². The van der Waals surface area contributed by atoms with E-state index in [0.29, 0.717) is 0 Å². The lowest BCUT2D eigenvalue weighted by Crippen LogP contribution is -2.28. The summed E-state index contributed by atoms with van der Waals surface area (Å²) >= 11 is 0. The molecule has 3 aromatic rings. The molecule has 1 amide bonds. The maximum absolute atomic E-state index is 13.2. The van der Waals surface area contributed by atoms with Crippen molar-refractivity contribution in [2.45, 2.75) is 26.3 Å². The number of aromatic nitrogens is 2. The molecule has 140 valence electrons. The summed E-state index contributed by atoms with van der Waals surface area (Å²) in [6.07, 6.45) is 3.83. The topological polar surface area (TPSA) is 56.1 Å². The van der Waals surface area contributed by atoms with Gasteiger partial charge in [0.2, 0.25) is 5.91 Å². The molecule has 0 bridgehead atoms. The van der Waals surface area contributed by atoms with E-state index in [2.05, 4.69) is 10.4 Å². The maximum atomic E-state index is 13.2. The van der Waals surface area contributed by atoms with Gasteiger partial charge in [0.25, 0.3) is 0 Å². The van der Waals surface area contributed by atoms with Crippen molar-refractivity contribution in [2.24, 2.45) is 0 Å². The van der Waals surface area contributed by atoms with E-state index in [9.17, 15) is 9.18 Å². The average Bonchev–Trinajstić information content (AvgIpc) is 3.14. The van der Waals surface area contributed by atoms with Crippen LogP contribution in [-0.4, -0.2) is 22.8 Å². The Morgan fingerprint density at radius 2 is 2.00 bits per heavy atom. The molecule has 1 aromatic heterocycles. The van der Waals surface area contributed by atoms with E-state index < -0.39 is 0 Å². The van der Waals surface area contributed by atoms with E-state index in [-0.39, 0.29) is 24.2 Å². The van der Waals surface area contributed by atoms with Gasteiger partial charge in [-0.2, -0.15) is 5.10 Å². The molecule has 3 rings (SSSR count). The zero-order valence-electron chi connectivity index (χ0n) is 15.6. The van der Waals surface area contributed by atoms with Gasteiger partial charge in [-0.1, -0.05) is 6.07 Å². The Hall–Kier alpha value is -3.15. The number of amides is 1. The highest BCUT2D eigenvalue weighted by Crippen LogP contribution is 2.18. The number of hydrogen-bond donors (Lipinski definition) is 1. The Labute approximate surface area is 157 Å². The number of aryl methyl sites for hydroxylation is 1. The highest BCUT2D eigenvalue weighted by molar-refractivity contribution is 5.79. The lowest BCUT2D eigenvalue weighted by molar-refractivity contribution is -0.121. The second-order valence-corrected chi connectivity index (χ2v) is 6.45. The van der Waals surface area contributed by atoms with Gasteiger partial charge in [0, 0.05) is 11.8 Å². The number of carbonyl (C=O) groups excluding carboxylic acids is 1. The van der Waals surface area contributed by atoms with E-state index in [1.54, 1.807) is 31.0 Å². The van der Waals surface area contributed by atoms with E-state index in [4.69, 9.17) is 4.74 Å². The summed E-state index contributed by atoms with van der Waals surface area (Å²) in [6, 6.07) is 11.8. The molecule has 6 heteroatoms. The maximum Gasteiger partial charge on any atom is 0.224 e. The molecule has 0 aliphatic heterocycles. The van der Waals surface area contributed by atoms with Gasteiger partial charge >= 0.3 is 0 Å². The SMILES string of the molecule is COc1ccc(-n2cc(C(C)NC(=O)Cc3ccc(F)cc3C)cn2)cc1. The van der Waals surface area contributed by atoms with E-state index in [1.807, 2.05) is 37.4 Å². The van der Waals surface area contributed by atoms with Crippen LogP contribution in [0.5, 0.6) is 5.75 Å². The number of benzene rings is 2. The highest BCUT2D eigenvalue weighted by Gasteiger charge is 2.13. The Morgan fingerprint density at radius 3 is 2.67 bits per heavy atom. The Balaban J connectivity index is 1.64. The minimum absolute atomic E-state index is 0.116. The van der Waals surface area contributed by atoms with Crippen LogP contribution in [0.25, 0.3) is 5.69 Å². The Morgan fingerprint density at radius 1 is 1.26 bits per heavy atom. The van der Waals surface area contributed by atoms with Gasteiger partial charge in [0.15, 0.2) is 0 Å². The molecule has 0 aliphatic rings. The van der Waals surface area contributed by atoms with Crippen molar-refractivity contribution in [1.29, 1.82) is 0 Å². The van der Waals surface area contributed by atoms with Gasteiger partial charge in [0.05, 0.1) is 31.5 Å². The minimum atomic E-state index is -0.295. The molecule has 1 heterocycles. The third-order valence-electron chi connectivity index (χ3n) is 4.47. The molecule has 1 atom stereocenters. The monoisotopic (exact) mass is 367 g/mol. The number of nitrogens with zero attached hydrogens (tertiary/aromatic N) is 2. The summed E-state index contributed by atoms with van der Waals surface area (Å²) in [6.45, 7) is 3.71. The second kappa shape index (κ2) is 8.03. The lowest BCUT2D eigenvalue weighted by Gasteiger charge is -2.13. The fourth-order valence-electron chi connectivity index (χ4n) is 2.84. The van der Waals surface area contributed by atoms with Crippen molar-refractivity contribution in [3.63, 3.8) is 0 Å². The number of halogens is 1. The molecule has 27 heavy (non-hydrogen) atoms. The first-order valence-corrected chi connectivity index (χ1v) is 8.69. The molecule has 0 saturated carbocycles. The summed E-state index contributed by atoms with van der Waals surface area (Å²) in [5.41, 5.74) is 3.39. The van der Waals surface area contributed by atoms with Crippen LogP contribution in [0.15, 0.2) is 54.9 Å². The number of rotatable bonds is 6. The predicted octanol–water partition coefficient (Wildman–Crippen LogP) is 3.75. The van der Waals surface area contributed by atoms with Gasteiger partial charge in [-0.25, -0.2) is 9.07 Å². The van der Waals surface area contributed by atoms with Crippen LogP contribution in [0.2, 0.25) is 0 Å². The number of carbonyl (C=O) groups is 1. The van der Waals surface area contributed by atoms with Crippen LogP contribution in [-0.2, 0) is 11.2 Å². The van der Waals surface area contributed by atoms with Gasteiger partial charge < -0.3 is 10.1 Å². The first-order valence-electron chi connectivity index (χ1n) is 8.69. The van der Waals surface area contributed by atoms with Crippen molar-refractivity contribution < 1.29 is 13.9 Å². The fourth-order valence-corrected chi connectivity index (χ4v) is 2.84. The van der Waals surface area contributed by atoms with Crippen molar-refractivity contribution in [3.05, 3.63) is 77.4 Å². The first-order chi connectivity index (χ1) is 13.0. The lowest BCUT2D eigenvalue weighted by atomic mass is 10.0. The van der Waals surface area contributed by atoms with E-state index in [1.165, 1.54) is 12.1 Å². The van der Waals surface area contributed by atoms with Gasteiger partial charge in [-0.3, -0.25) is 4.79 Å². The molecule has 0 radical (unpaired) electrons. The molecule has 1 unspecified atom stereocenters. The number of ether oxygens (including phenoxy) is 1. The zero-order valence-corrected chi connectivity index (χ0v) is 15.6. The van der Waals surface area contributed by atoms with Crippen molar-refractivity contribution >= 4 is 5.91 Å². The van der Waals surface area contributed by atoms with Gasteiger partial charge in [0.1, 0.15) is 11.6 Å². The second-order valence-electron chi connectivity index (χ2n) is 6.45. The van der Waals surface area contributed by atoms with Crippen molar-refractivity contribution in [3.8, 4) is 11.4 Å². The van der Waals surface area contributed by atoms with Crippen LogP contribution < -0.4 is 10.1 Å². The molecule has 0 fully saturated rings. The quantitative estimate of drug-likeness (QED) is 0.722. The first kappa shape index (κ1) is 18.6. The normalized spacial score (nSPS) is 11.9. The largest absolute Gasteiger partial charge is 0.497 e. The fraction of sp³-hybridized carbons (Fsp3) is 0.238. The van der Waals surface area contributed by atoms with Crippen LogP contribution in [0.3, 0.4) is 0 Å². The summed E-state index contributed by atoms with van der Waals surface area (Å²) in [5, 5.41) is 7.32. The third kappa shape index (κ3) is 4.53. The minimum Gasteiger partial charge on any atom is -0.497 e. The summed E-state index contributed by atoms with van der Waals surface area (Å²) in [5.74, 6) is 0.369. The third-order valence-corrected chi connectivity index (χ3v) is 4.47. The molecular formula is C21H22FN3O2. The molecule has 0 aliphatic carbocycles. The molecule has 0 spiro atoms. The Kier molecular flexibility index (Phi) is 5.54. The van der Waals surface area contributed by atoms with Crippen molar-refractivity contribution in [1.82, 2.24) is 15.1 Å². The van der Waals surface area contributed by atoms with Crippen LogP contribution >= 0.6 is 0 Å². The summed E-state index contributed by atoms with van der Waals surface area (Å²) in [4.78, 5) is 12.3. The smallest absolute Gasteiger partial charge is 0.224 e. The van der Waals surface area contributed by atoms with Crippen LogP contribution in [0, 0.1) is 12.7 Å². The molecule has 0 saturated heterocycles. The zero-order chi connectivity index (χ0) is 19.4. The summed E-state index contributed by atoms with van der Waals surface area (Å²) in [7, 11) is 1.62. The van der Waals surface area contributed by atoms with Crippen LogP contribution in [0.1, 0.15) is 29.7 Å². The Bertz CT molecular complexity index is 935. The van der Waals surface area contributed by atoms with E-state index >= 15 is 0 Å². The predicted molar refractivity (Wildman–Crippen MR) is 102 cm³/mol. The number of nitrogens with one attached hydrogen (secondary N) is 1. The average molecular weight is 367 g/mol. The summed E-state index contributed by atoms with van der Waals surface area (Å²) < 4.78 is 20.1. The number of hydrogen-bond acceptors (Lipinski definition) is 3. The number of methoxy groups -OCH3 is 1. The standard InChI is InChI=1S/C21H22FN3O2/c1-14-10-18(22)5-4-16(14)11-21(26)24-15(2)17-12-23-25(13-17)19-6-8-20(27-3)9-7-19/h4-10,12-13,15H,11H2,1-3H3,(H,24,26). The molecule has 2 aromatic carbocycles. The van der Waals surface area contributed by atoms with E-state index in [0.717, 1.165) is 28.1 Å². The van der Waals surface area contributed by atoms with Crippen LogP contribution in [0.4, 0.5) is 4.39 Å². The van der Waals surface area contributed by atoms with Crippen molar-refractivity contribution in [2.75, 3.05) is 7.11 Å².